The van der Waals surface area contributed by atoms with E-state index in [0.29, 0.717) is 16.3 Å². The third-order valence-corrected chi connectivity index (χ3v) is 3.57. The van der Waals surface area contributed by atoms with Gasteiger partial charge in [-0.2, -0.15) is 0 Å². The molecule has 2 aromatic carbocycles. The van der Waals surface area contributed by atoms with Crippen LogP contribution in [0.2, 0.25) is 0 Å². The van der Waals surface area contributed by atoms with Gasteiger partial charge in [-0.05, 0) is 29.8 Å². The van der Waals surface area contributed by atoms with Gasteiger partial charge in [-0.25, -0.2) is 4.79 Å². The normalized spacial score (nSPS) is 12.8. The number of hydrogen-bond donors (Lipinski definition) is 1. The molecule has 0 unspecified atom stereocenters. The molecule has 25 heavy (non-hydrogen) atoms. The number of nitrogens with zero attached hydrogens (tertiary/aromatic N) is 1. The molecule has 1 aliphatic rings. The Morgan fingerprint density at radius 2 is 1.52 bits per heavy atom. The average Bonchev–Trinajstić information content (AvgIpc) is 2.82. The Bertz CT molecular complexity index is 838. The predicted molar refractivity (Wildman–Crippen MR) is 87.5 cm³/mol. The molecule has 0 saturated carbocycles. The highest BCUT2D eigenvalue weighted by Crippen LogP contribution is 2.23. The van der Waals surface area contributed by atoms with Crippen LogP contribution in [0.3, 0.4) is 0 Å². The molecule has 3 rings (SSSR count). The summed E-state index contributed by atoms with van der Waals surface area (Å²) in [7, 11) is 0. The first-order chi connectivity index (χ1) is 12.0. The molecule has 1 aliphatic heterocycles. The average molecular weight is 338 g/mol. The van der Waals surface area contributed by atoms with E-state index in [1.807, 2.05) is 0 Å². The summed E-state index contributed by atoms with van der Waals surface area (Å²) in [4.78, 5) is 52.2. The standard InChI is InChI=1S/C18H14N2O5/c1-11(21)19-13-8-6-12(7-9-13)10-16(22)25-20-17(23)14-4-2-3-5-15(14)18(20)24/h2-9H,10H2,1H3,(H,19,21). The number of imide groups is 1. The van der Waals surface area contributed by atoms with Crippen molar-refractivity contribution in [3.63, 3.8) is 0 Å². The Morgan fingerprint density at radius 1 is 0.960 bits per heavy atom. The molecule has 0 spiro atoms. The summed E-state index contributed by atoms with van der Waals surface area (Å²) < 4.78 is 0. The van der Waals surface area contributed by atoms with Gasteiger partial charge in [-0.1, -0.05) is 29.3 Å². The zero-order valence-corrected chi connectivity index (χ0v) is 13.3. The minimum atomic E-state index is -0.734. The van der Waals surface area contributed by atoms with Crippen molar-refractivity contribution in [1.29, 1.82) is 0 Å². The van der Waals surface area contributed by atoms with Gasteiger partial charge in [0.05, 0.1) is 17.5 Å². The molecular weight excluding hydrogens is 324 g/mol. The van der Waals surface area contributed by atoms with E-state index in [4.69, 9.17) is 4.84 Å². The zero-order valence-electron chi connectivity index (χ0n) is 13.3. The van der Waals surface area contributed by atoms with Gasteiger partial charge in [0.1, 0.15) is 0 Å². The van der Waals surface area contributed by atoms with E-state index < -0.39 is 17.8 Å². The van der Waals surface area contributed by atoms with Crippen LogP contribution in [0.1, 0.15) is 33.2 Å². The summed E-state index contributed by atoms with van der Waals surface area (Å²) in [6, 6.07) is 12.9. The van der Waals surface area contributed by atoms with Crippen molar-refractivity contribution in [3.8, 4) is 0 Å². The molecule has 7 nitrogen and oxygen atoms in total. The molecule has 1 N–H and O–H groups in total. The Morgan fingerprint density at radius 3 is 2.04 bits per heavy atom. The van der Waals surface area contributed by atoms with E-state index >= 15 is 0 Å². The smallest absolute Gasteiger partial charge is 0.329 e. The van der Waals surface area contributed by atoms with Crippen LogP contribution in [0.25, 0.3) is 0 Å². The number of hydrogen-bond acceptors (Lipinski definition) is 5. The topological polar surface area (TPSA) is 92.8 Å². The first-order valence-electron chi connectivity index (χ1n) is 7.51. The van der Waals surface area contributed by atoms with Crippen LogP contribution < -0.4 is 5.32 Å². The Balaban J connectivity index is 1.65. The second-order valence-corrected chi connectivity index (χ2v) is 5.47. The summed E-state index contributed by atoms with van der Waals surface area (Å²) in [5.74, 6) is -2.25. The van der Waals surface area contributed by atoms with Gasteiger partial charge in [-0.3, -0.25) is 14.4 Å². The third kappa shape index (κ3) is 3.40. The van der Waals surface area contributed by atoms with E-state index in [2.05, 4.69) is 5.32 Å². The zero-order chi connectivity index (χ0) is 18.0. The van der Waals surface area contributed by atoms with Crippen molar-refractivity contribution in [1.82, 2.24) is 5.06 Å². The summed E-state index contributed by atoms with van der Waals surface area (Å²) in [5.41, 5.74) is 1.64. The number of carbonyl (C=O) groups is 4. The maximum atomic E-state index is 12.1. The van der Waals surface area contributed by atoms with E-state index in [-0.39, 0.29) is 23.5 Å². The molecule has 3 amide bonds. The molecular formula is C18H14N2O5. The van der Waals surface area contributed by atoms with Crippen LogP contribution in [-0.4, -0.2) is 28.8 Å². The fraction of sp³-hybridized carbons (Fsp3) is 0.111. The number of anilines is 1. The molecule has 0 saturated heterocycles. The number of nitrogens with one attached hydrogen (secondary N) is 1. The fourth-order valence-electron chi connectivity index (χ4n) is 2.46. The second-order valence-electron chi connectivity index (χ2n) is 5.47. The van der Waals surface area contributed by atoms with E-state index in [1.54, 1.807) is 36.4 Å². The first kappa shape index (κ1) is 16.4. The highest BCUT2D eigenvalue weighted by atomic mass is 16.7. The van der Waals surface area contributed by atoms with E-state index in [0.717, 1.165) is 0 Å². The molecule has 126 valence electrons. The number of benzene rings is 2. The van der Waals surface area contributed by atoms with Crippen molar-refractivity contribution in [2.45, 2.75) is 13.3 Å². The number of fused-ring (bicyclic) bond motifs is 1. The molecule has 0 radical (unpaired) electrons. The van der Waals surface area contributed by atoms with Crippen LogP contribution in [0.15, 0.2) is 48.5 Å². The number of rotatable bonds is 4. The lowest BCUT2D eigenvalue weighted by Crippen LogP contribution is -2.33. The van der Waals surface area contributed by atoms with Crippen LogP contribution in [0, 0.1) is 0 Å². The largest absolute Gasteiger partial charge is 0.337 e. The molecule has 2 aromatic rings. The van der Waals surface area contributed by atoms with Crippen molar-refractivity contribution in [2.75, 3.05) is 5.32 Å². The Hall–Kier alpha value is -3.48. The molecule has 0 bridgehead atoms. The highest BCUT2D eigenvalue weighted by molar-refractivity contribution is 6.20. The number of hydroxylamine groups is 2. The summed E-state index contributed by atoms with van der Waals surface area (Å²) in [5, 5.41) is 3.10. The lowest BCUT2D eigenvalue weighted by atomic mass is 10.1. The van der Waals surface area contributed by atoms with Crippen LogP contribution in [0.5, 0.6) is 0 Å². The van der Waals surface area contributed by atoms with Crippen LogP contribution in [-0.2, 0) is 20.8 Å². The molecule has 0 aliphatic carbocycles. The summed E-state index contributed by atoms with van der Waals surface area (Å²) >= 11 is 0. The monoisotopic (exact) mass is 338 g/mol. The fourth-order valence-corrected chi connectivity index (χ4v) is 2.46. The number of amides is 3. The van der Waals surface area contributed by atoms with Crippen LogP contribution in [0.4, 0.5) is 5.69 Å². The maximum Gasteiger partial charge on any atom is 0.337 e. The van der Waals surface area contributed by atoms with E-state index in [1.165, 1.54) is 19.1 Å². The minimum absolute atomic E-state index is 0.117. The lowest BCUT2D eigenvalue weighted by Gasteiger charge is -2.12. The lowest BCUT2D eigenvalue weighted by molar-refractivity contribution is -0.167. The predicted octanol–water partition coefficient (Wildman–Crippen LogP) is 1.94. The van der Waals surface area contributed by atoms with E-state index in [9.17, 15) is 19.2 Å². The maximum absolute atomic E-state index is 12.1. The quantitative estimate of drug-likeness (QED) is 0.860. The van der Waals surface area contributed by atoms with Crippen molar-refractivity contribution < 1.29 is 24.0 Å². The minimum Gasteiger partial charge on any atom is -0.329 e. The van der Waals surface area contributed by atoms with Gasteiger partial charge in [0.15, 0.2) is 0 Å². The second kappa shape index (κ2) is 6.56. The van der Waals surface area contributed by atoms with Crippen LogP contribution >= 0.6 is 0 Å². The van der Waals surface area contributed by atoms with Gasteiger partial charge in [-0.15, -0.1) is 0 Å². The SMILES string of the molecule is CC(=O)Nc1ccc(CC(=O)ON2C(=O)c3ccccc3C2=O)cc1. The van der Waals surface area contributed by atoms with Gasteiger partial charge in [0.25, 0.3) is 11.8 Å². The Kier molecular flexibility index (Phi) is 4.30. The Labute approximate surface area is 143 Å². The first-order valence-corrected chi connectivity index (χ1v) is 7.51. The van der Waals surface area contributed by atoms with Gasteiger partial charge >= 0.3 is 5.97 Å². The highest BCUT2D eigenvalue weighted by Gasteiger charge is 2.38. The van der Waals surface area contributed by atoms with Gasteiger partial charge < -0.3 is 10.2 Å². The summed E-state index contributed by atoms with van der Waals surface area (Å²) in [6.45, 7) is 1.40. The van der Waals surface area contributed by atoms with Gasteiger partial charge in [0, 0.05) is 12.6 Å². The molecule has 7 heteroatoms. The summed E-state index contributed by atoms with van der Waals surface area (Å²) in [6.07, 6.45) is -0.117. The third-order valence-electron chi connectivity index (χ3n) is 3.57. The van der Waals surface area contributed by atoms with Crippen molar-refractivity contribution in [2.24, 2.45) is 0 Å². The molecule has 0 fully saturated rings. The molecule has 1 heterocycles. The van der Waals surface area contributed by atoms with Crippen molar-refractivity contribution in [3.05, 3.63) is 65.2 Å². The van der Waals surface area contributed by atoms with Gasteiger partial charge in [0.2, 0.25) is 5.91 Å². The molecule has 0 atom stereocenters. The van der Waals surface area contributed by atoms with Crippen molar-refractivity contribution >= 4 is 29.4 Å². The number of carbonyl (C=O) groups excluding carboxylic acids is 4. The molecule has 0 aromatic heterocycles.